The van der Waals surface area contributed by atoms with Gasteiger partial charge in [0.25, 0.3) is 5.91 Å². The van der Waals surface area contributed by atoms with E-state index in [9.17, 15) is 18.0 Å². The highest BCUT2D eigenvalue weighted by molar-refractivity contribution is 6.07. The maximum absolute atomic E-state index is 13.1. The van der Waals surface area contributed by atoms with Crippen LogP contribution in [0.4, 0.5) is 18.9 Å². The van der Waals surface area contributed by atoms with Crippen molar-refractivity contribution >= 4 is 11.6 Å². The Kier molecular flexibility index (Phi) is 5.38. The average molecular weight is 402 g/mol. The summed E-state index contributed by atoms with van der Waals surface area (Å²) in [6.45, 7) is 4.76. The quantitative estimate of drug-likeness (QED) is 0.681. The molecule has 4 rings (SSSR count). The fourth-order valence-corrected chi connectivity index (χ4v) is 4.34. The Balaban J connectivity index is 1.52. The lowest BCUT2D eigenvalue weighted by Gasteiger charge is -2.32. The summed E-state index contributed by atoms with van der Waals surface area (Å²) in [5, 5.41) is 0. The van der Waals surface area contributed by atoms with Crippen molar-refractivity contribution in [3.8, 4) is 0 Å². The number of likely N-dealkylation sites (tertiary alicyclic amines) is 1. The molecule has 2 aromatic carbocycles. The highest BCUT2D eigenvalue weighted by atomic mass is 19.4. The Morgan fingerprint density at radius 1 is 0.966 bits per heavy atom. The van der Waals surface area contributed by atoms with Crippen LogP contribution in [-0.2, 0) is 12.6 Å². The van der Waals surface area contributed by atoms with Crippen molar-refractivity contribution in [3.63, 3.8) is 0 Å². The summed E-state index contributed by atoms with van der Waals surface area (Å²) in [6, 6.07) is 11.5. The maximum Gasteiger partial charge on any atom is 0.416 e. The van der Waals surface area contributed by atoms with Crippen LogP contribution < -0.4 is 4.90 Å². The molecule has 2 aliphatic rings. The van der Waals surface area contributed by atoms with Crippen molar-refractivity contribution in [1.82, 2.24) is 4.90 Å². The minimum absolute atomic E-state index is 0.250. The zero-order chi connectivity index (χ0) is 20.6. The molecular formula is C23H25F3N2O. The third-order valence-electron chi connectivity index (χ3n) is 6.13. The van der Waals surface area contributed by atoms with Gasteiger partial charge in [-0.15, -0.1) is 0 Å². The van der Waals surface area contributed by atoms with E-state index in [0.717, 1.165) is 36.3 Å². The molecule has 1 saturated heterocycles. The van der Waals surface area contributed by atoms with Crippen molar-refractivity contribution < 1.29 is 18.0 Å². The first-order valence-electron chi connectivity index (χ1n) is 10.2. The minimum atomic E-state index is -4.42. The zero-order valence-corrected chi connectivity index (χ0v) is 16.5. The van der Waals surface area contributed by atoms with Gasteiger partial charge in [0.1, 0.15) is 0 Å². The number of hydrogen-bond donors (Lipinski definition) is 0. The molecule has 6 heteroatoms. The molecule has 1 fully saturated rings. The zero-order valence-electron chi connectivity index (χ0n) is 16.5. The number of amides is 1. The van der Waals surface area contributed by atoms with Crippen LogP contribution in [0.15, 0.2) is 42.5 Å². The van der Waals surface area contributed by atoms with E-state index in [1.165, 1.54) is 30.2 Å². The van der Waals surface area contributed by atoms with Gasteiger partial charge in [-0.05, 0) is 74.7 Å². The molecular weight excluding hydrogens is 377 g/mol. The first kappa shape index (κ1) is 20.0. The van der Waals surface area contributed by atoms with Crippen molar-refractivity contribution in [2.75, 3.05) is 24.5 Å². The summed E-state index contributed by atoms with van der Waals surface area (Å²) < 4.78 is 39.2. The van der Waals surface area contributed by atoms with E-state index in [0.29, 0.717) is 30.3 Å². The molecule has 0 N–H and O–H groups in total. The van der Waals surface area contributed by atoms with Crippen LogP contribution in [0.3, 0.4) is 0 Å². The molecule has 2 aromatic rings. The lowest BCUT2D eigenvalue weighted by atomic mass is 10.0. The number of alkyl halides is 3. The Hall–Kier alpha value is -2.34. The Bertz CT molecular complexity index is 886. The molecule has 1 atom stereocenters. The summed E-state index contributed by atoms with van der Waals surface area (Å²) in [7, 11) is 0. The van der Waals surface area contributed by atoms with Crippen molar-refractivity contribution in [1.29, 1.82) is 0 Å². The summed E-state index contributed by atoms with van der Waals surface area (Å²) in [5.74, 6) is -0.250. The molecule has 1 amide bonds. The van der Waals surface area contributed by atoms with Crippen LogP contribution in [0.1, 0.15) is 59.3 Å². The van der Waals surface area contributed by atoms with Gasteiger partial charge in [0.05, 0.1) is 5.56 Å². The van der Waals surface area contributed by atoms with E-state index in [1.54, 1.807) is 12.1 Å². The Morgan fingerprint density at radius 2 is 1.66 bits per heavy atom. The number of halogens is 3. The summed E-state index contributed by atoms with van der Waals surface area (Å²) in [4.78, 5) is 16.9. The summed E-state index contributed by atoms with van der Waals surface area (Å²) >= 11 is 0. The molecule has 154 valence electrons. The van der Waals surface area contributed by atoms with Gasteiger partial charge in [-0.1, -0.05) is 24.6 Å². The molecule has 2 heterocycles. The molecule has 0 saturated carbocycles. The van der Waals surface area contributed by atoms with Crippen molar-refractivity contribution in [2.24, 2.45) is 0 Å². The van der Waals surface area contributed by atoms with Gasteiger partial charge in [-0.3, -0.25) is 9.69 Å². The molecule has 0 bridgehead atoms. The number of piperidine rings is 1. The van der Waals surface area contributed by atoms with E-state index in [4.69, 9.17) is 0 Å². The largest absolute Gasteiger partial charge is 0.416 e. The third kappa shape index (κ3) is 4.04. The number of carbonyl (C=O) groups is 1. The van der Waals surface area contributed by atoms with Gasteiger partial charge in [0, 0.05) is 23.8 Å². The van der Waals surface area contributed by atoms with Gasteiger partial charge in [0.15, 0.2) is 0 Å². The standard InChI is InChI=1S/C23H25F3N2O/c1-16(27-12-3-2-4-13-27)17-5-7-19(8-6-17)22(29)28-14-11-18-9-10-20(15-21(18)28)23(24,25)26/h5-10,15-16H,2-4,11-14H2,1H3. The number of nitrogens with zero attached hydrogens (tertiary/aromatic N) is 2. The molecule has 0 radical (unpaired) electrons. The van der Waals surface area contributed by atoms with Crippen LogP contribution in [0.5, 0.6) is 0 Å². The van der Waals surface area contributed by atoms with Crippen LogP contribution >= 0.6 is 0 Å². The second-order valence-electron chi connectivity index (χ2n) is 7.94. The minimum Gasteiger partial charge on any atom is -0.308 e. The predicted octanol–water partition coefficient (Wildman–Crippen LogP) is 5.46. The first-order chi connectivity index (χ1) is 13.8. The van der Waals surface area contributed by atoms with E-state index < -0.39 is 11.7 Å². The molecule has 0 aliphatic carbocycles. The topological polar surface area (TPSA) is 23.6 Å². The van der Waals surface area contributed by atoms with Gasteiger partial charge < -0.3 is 4.90 Å². The maximum atomic E-state index is 13.1. The lowest BCUT2D eigenvalue weighted by Crippen LogP contribution is -2.32. The number of benzene rings is 2. The number of fused-ring (bicyclic) bond motifs is 1. The summed E-state index contributed by atoms with van der Waals surface area (Å²) in [5.41, 5.74) is 2.09. The SMILES string of the molecule is CC(c1ccc(C(=O)N2CCc3ccc(C(F)(F)F)cc32)cc1)N1CCCCC1. The van der Waals surface area contributed by atoms with Crippen molar-refractivity contribution in [3.05, 3.63) is 64.7 Å². The van der Waals surface area contributed by atoms with Crippen LogP contribution in [0.2, 0.25) is 0 Å². The third-order valence-corrected chi connectivity index (χ3v) is 6.13. The van der Waals surface area contributed by atoms with Crippen LogP contribution in [-0.4, -0.2) is 30.4 Å². The highest BCUT2D eigenvalue weighted by Gasteiger charge is 2.34. The monoisotopic (exact) mass is 402 g/mol. The second-order valence-corrected chi connectivity index (χ2v) is 7.94. The van der Waals surface area contributed by atoms with E-state index in [2.05, 4.69) is 11.8 Å². The van der Waals surface area contributed by atoms with Gasteiger partial charge >= 0.3 is 6.18 Å². The van der Waals surface area contributed by atoms with Crippen LogP contribution in [0.25, 0.3) is 0 Å². The Morgan fingerprint density at radius 3 is 2.31 bits per heavy atom. The molecule has 0 aromatic heterocycles. The van der Waals surface area contributed by atoms with Gasteiger partial charge in [-0.2, -0.15) is 13.2 Å². The molecule has 29 heavy (non-hydrogen) atoms. The van der Waals surface area contributed by atoms with Gasteiger partial charge in [-0.25, -0.2) is 0 Å². The second kappa shape index (κ2) is 7.82. The average Bonchev–Trinajstić information content (AvgIpc) is 3.16. The van der Waals surface area contributed by atoms with E-state index >= 15 is 0 Å². The summed E-state index contributed by atoms with van der Waals surface area (Å²) in [6.07, 6.45) is -0.129. The molecule has 2 aliphatic heterocycles. The highest BCUT2D eigenvalue weighted by Crippen LogP contribution is 2.36. The first-order valence-corrected chi connectivity index (χ1v) is 10.2. The Labute approximate surface area is 169 Å². The number of anilines is 1. The van der Waals surface area contributed by atoms with Gasteiger partial charge in [0.2, 0.25) is 0 Å². The van der Waals surface area contributed by atoms with Crippen molar-refractivity contribution in [2.45, 2.75) is 44.8 Å². The fourth-order valence-electron chi connectivity index (χ4n) is 4.34. The number of carbonyl (C=O) groups excluding carboxylic acids is 1. The normalized spacial score (nSPS) is 18.6. The number of rotatable bonds is 3. The van der Waals surface area contributed by atoms with Crippen LogP contribution in [0, 0.1) is 0 Å². The predicted molar refractivity (Wildman–Crippen MR) is 107 cm³/mol. The van der Waals surface area contributed by atoms with E-state index in [1.807, 2.05) is 12.1 Å². The fraction of sp³-hybridized carbons (Fsp3) is 0.435. The molecule has 0 spiro atoms. The number of hydrogen-bond acceptors (Lipinski definition) is 2. The molecule has 1 unspecified atom stereocenters. The molecule has 3 nitrogen and oxygen atoms in total. The smallest absolute Gasteiger partial charge is 0.308 e. The lowest BCUT2D eigenvalue weighted by molar-refractivity contribution is -0.137. The van der Waals surface area contributed by atoms with E-state index in [-0.39, 0.29) is 5.91 Å².